The number of methoxy groups -OCH3 is 3. The molecule has 0 fully saturated rings. The number of benzene rings is 2. The summed E-state index contributed by atoms with van der Waals surface area (Å²) in [7, 11) is 4.59. The van der Waals surface area contributed by atoms with E-state index in [0.29, 0.717) is 41.3 Å². The first kappa shape index (κ1) is 27.0. The third-order valence-corrected chi connectivity index (χ3v) is 5.98. The molecule has 3 rings (SSSR count). The van der Waals surface area contributed by atoms with Gasteiger partial charge < -0.3 is 29.2 Å². The maximum absolute atomic E-state index is 11.4. The van der Waals surface area contributed by atoms with Crippen molar-refractivity contribution >= 4 is 5.97 Å². The Morgan fingerprint density at radius 3 is 2.22 bits per heavy atom. The van der Waals surface area contributed by atoms with Gasteiger partial charge in [-0.05, 0) is 42.7 Å². The first-order chi connectivity index (χ1) is 17.4. The number of ether oxygens (including phenoxy) is 4. The lowest BCUT2D eigenvalue weighted by atomic mass is 9.98. The maximum atomic E-state index is 11.4. The zero-order valence-electron chi connectivity index (χ0n) is 21.1. The van der Waals surface area contributed by atoms with Crippen molar-refractivity contribution in [2.24, 2.45) is 0 Å². The normalized spacial score (nSPS) is 12.6. The lowest BCUT2D eigenvalue weighted by molar-refractivity contribution is -0.136. The Morgan fingerprint density at radius 2 is 1.64 bits per heavy atom. The molecular formula is C28H33NO7. The van der Waals surface area contributed by atoms with Gasteiger partial charge in [0.15, 0.2) is 0 Å². The van der Waals surface area contributed by atoms with E-state index in [0.717, 1.165) is 11.1 Å². The standard InChI is InChI=1S/C28H33NO7/c1-18-23(33-2)14-21(15-24(18)34-3)27(32)25(36-13-12-19-8-6-5-7-9-19)17-22-11-10-20(16-26(30)31)28(29-22)35-4/h5-11,14-15,25,27,32H,12-13,16-17H2,1-4H3,(H,30,31). The van der Waals surface area contributed by atoms with Crippen molar-refractivity contribution in [1.29, 1.82) is 0 Å². The zero-order chi connectivity index (χ0) is 26.1. The molecule has 1 aromatic heterocycles. The first-order valence-corrected chi connectivity index (χ1v) is 11.7. The van der Waals surface area contributed by atoms with E-state index < -0.39 is 18.2 Å². The number of aromatic nitrogens is 1. The fourth-order valence-electron chi connectivity index (χ4n) is 4.03. The van der Waals surface area contributed by atoms with E-state index >= 15 is 0 Å². The van der Waals surface area contributed by atoms with Gasteiger partial charge in [0.25, 0.3) is 0 Å². The fraction of sp³-hybridized carbons (Fsp3) is 0.357. The van der Waals surface area contributed by atoms with Crippen molar-refractivity contribution in [3.05, 3.63) is 82.5 Å². The largest absolute Gasteiger partial charge is 0.496 e. The quantitative estimate of drug-likeness (QED) is 0.367. The van der Waals surface area contributed by atoms with Crippen LogP contribution in [0.1, 0.15) is 34.1 Å². The molecule has 192 valence electrons. The molecule has 0 aliphatic heterocycles. The van der Waals surface area contributed by atoms with Crippen LogP contribution in [-0.2, 0) is 28.8 Å². The van der Waals surface area contributed by atoms with Crippen LogP contribution in [0.3, 0.4) is 0 Å². The highest BCUT2D eigenvalue weighted by molar-refractivity contribution is 5.71. The van der Waals surface area contributed by atoms with Gasteiger partial charge in [-0.1, -0.05) is 36.4 Å². The summed E-state index contributed by atoms with van der Waals surface area (Å²) in [6.45, 7) is 2.27. The summed E-state index contributed by atoms with van der Waals surface area (Å²) >= 11 is 0. The van der Waals surface area contributed by atoms with E-state index in [4.69, 9.17) is 24.1 Å². The lowest BCUT2D eigenvalue weighted by Gasteiger charge is -2.25. The molecule has 0 aliphatic rings. The minimum atomic E-state index is -1.00. The lowest BCUT2D eigenvalue weighted by Crippen LogP contribution is -2.26. The van der Waals surface area contributed by atoms with Crippen LogP contribution in [0, 0.1) is 6.92 Å². The second kappa shape index (κ2) is 12.9. The van der Waals surface area contributed by atoms with Gasteiger partial charge in [-0.15, -0.1) is 0 Å². The predicted molar refractivity (Wildman–Crippen MR) is 135 cm³/mol. The van der Waals surface area contributed by atoms with Gasteiger partial charge >= 0.3 is 5.97 Å². The van der Waals surface area contributed by atoms with Crippen molar-refractivity contribution in [2.75, 3.05) is 27.9 Å². The molecule has 0 bridgehead atoms. The SMILES string of the molecule is COc1cc(C(O)C(Cc2ccc(CC(=O)O)c(OC)n2)OCCc2ccccc2)cc(OC)c1C. The number of carboxylic acid groups (broad SMARTS) is 1. The van der Waals surface area contributed by atoms with Crippen LogP contribution in [0.5, 0.6) is 17.4 Å². The van der Waals surface area contributed by atoms with E-state index in [9.17, 15) is 9.90 Å². The van der Waals surface area contributed by atoms with E-state index in [1.165, 1.54) is 7.11 Å². The van der Waals surface area contributed by atoms with Crippen molar-refractivity contribution in [2.45, 2.75) is 38.4 Å². The summed E-state index contributed by atoms with van der Waals surface area (Å²) in [6, 6.07) is 16.9. The predicted octanol–water partition coefficient (Wildman–Crippen LogP) is 3.95. The van der Waals surface area contributed by atoms with E-state index in [2.05, 4.69) is 4.98 Å². The topological polar surface area (TPSA) is 107 Å². The molecule has 0 aliphatic carbocycles. The van der Waals surface area contributed by atoms with Crippen LogP contribution >= 0.6 is 0 Å². The molecule has 2 N–H and O–H groups in total. The highest BCUT2D eigenvalue weighted by Crippen LogP contribution is 2.34. The molecule has 2 atom stereocenters. The van der Waals surface area contributed by atoms with E-state index in [1.54, 1.807) is 38.5 Å². The number of carboxylic acids is 1. The Labute approximate surface area is 211 Å². The maximum Gasteiger partial charge on any atom is 0.308 e. The first-order valence-electron chi connectivity index (χ1n) is 11.7. The number of rotatable bonds is 13. The van der Waals surface area contributed by atoms with Gasteiger partial charge in [-0.3, -0.25) is 4.79 Å². The third kappa shape index (κ3) is 6.96. The van der Waals surface area contributed by atoms with Gasteiger partial charge in [0.05, 0.1) is 40.5 Å². The van der Waals surface area contributed by atoms with Gasteiger partial charge in [0.2, 0.25) is 5.88 Å². The summed E-state index contributed by atoms with van der Waals surface area (Å²) in [5, 5.41) is 20.5. The number of carbonyl (C=O) groups is 1. The minimum Gasteiger partial charge on any atom is -0.496 e. The second-order valence-corrected chi connectivity index (χ2v) is 8.39. The molecule has 0 spiro atoms. The van der Waals surface area contributed by atoms with Gasteiger partial charge in [0.1, 0.15) is 17.6 Å². The number of aliphatic carboxylic acids is 1. The Morgan fingerprint density at radius 1 is 0.972 bits per heavy atom. The summed E-state index contributed by atoms with van der Waals surface area (Å²) in [6.07, 6.45) is -0.889. The highest BCUT2D eigenvalue weighted by Gasteiger charge is 2.26. The number of aliphatic hydroxyl groups is 1. The van der Waals surface area contributed by atoms with E-state index in [1.807, 2.05) is 37.3 Å². The Bertz CT molecular complexity index is 1120. The van der Waals surface area contributed by atoms with Crippen LogP contribution < -0.4 is 14.2 Å². The Hall–Kier alpha value is -3.62. The summed E-state index contributed by atoms with van der Waals surface area (Å²) in [5.41, 5.74) is 3.63. The molecule has 1 heterocycles. The molecule has 0 saturated heterocycles. The van der Waals surface area contributed by atoms with Crippen LogP contribution in [0.2, 0.25) is 0 Å². The highest BCUT2D eigenvalue weighted by atomic mass is 16.5. The van der Waals surface area contributed by atoms with Crippen LogP contribution in [0.25, 0.3) is 0 Å². The summed E-state index contributed by atoms with van der Waals surface area (Å²) < 4.78 is 22.5. The average Bonchev–Trinajstić information content (AvgIpc) is 2.89. The summed E-state index contributed by atoms with van der Waals surface area (Å²) in [5.74, 6) is 0.474. The molecule has 3 aromatic rings. The molecule has 8 heteroatoms. The third-order valence-electron chi connectivity index (χ3n) is 5.98. The molecule has 36 heavy (non-hydrogen) atoms. The molecular weight excluding hydrogens is 462 g/mol. The van der Waals surface area contributed by atoms with Crippen LogP contribution in [0.15, 0.2) is 54.6 Å². The molecule has 2 unspecified atom stereocenters. The average molecular weight is 496 g/mol. The number of hydrogen-bond acceptors (Lipinski definition) is 7. The number of aliphatic hydroxyl groups excluding tert-OH is 1. The van der Waals surface area contributed by atoms with Gasteiger partial charge in [-0.2, -0.15) is 0 Å². The van der Waals surface area contributed by atoms with Crippen molar-refractivity contribution in [3.8, 4) is 17.4 Å². The zero-order valence-corrected chi connectivity index (χ0v) is 21.1. The second-order valence-electron chi connectivity index (χ2n) is 8.39. The smallest absolute Gasteiger partial charge is 0.308 e. The number of nitrogens with zero attached hydrogens (tertiary/aromatic N) is 1. The molecule has 0 saturated carbocycles. The van der Waals surface area contributed by atoms with Gasteiger partial charge in [0, 0.05) is 23.2 Å². The minimum absolute atomic E-state index is 0.195. The molecule has 0 amide bonds. The van der Waals surface area contributed by atoms with Crippen molar-refractivity contribution in [1.82, 2.24) is 4.98 Å². The van der Waals surface area contributed by atoms with E-state index in [-0.39, 0.29) is 18.7 Å². The number of hydrogen-bond donors (Lipinski definition) is 2. The van der Waals surface area contributed by atoms with Gasteiger partial charge in [-0.25, -0.2) is 4.98 Å². The fourth-order valence-corrected chi connectivity index (χ4v) is 4.03. The van der Waals surface area contributed by atoms with Crippen molar-refractivity contribution < 1.29 is 34.0 Å². The number of pyridine rings is 1. The molecule has 8 nitrogen and oxygen atoms in total. The van der Waals surface area contributed by atoms with Crippen LogP contribution in [-0.4, -0.2) is 55.2 Å². The Kier molecular flexibility index (Phi) is 9.67. The molecule has 2 aromatic carbocycles. The Balaban J connectivity index is 1.88. The molecule has 0 radical (unpaired) electrons. The monoisotopic (exact) mass is 495 g/mol. The van der Waals surface area contributed by atoms with Crippen LogP contribution in [0.4, 0.5) is 0 Å². The van der Waals surface area contributed by atoms with Crippen molar-refractivity contribution in [3.63, 3.8) is 0 Å². The summed E-state index contributed by atoms with van der Waals surface area (Å²) in [4.78, 5) is 15.6.